The molecule has 0 unspecified atom stereocenters. The van der Waals surface area contributed by atoms with Crippen molar-refractivity contribution in [2.75, 3.05) is 0 Å². The van der Waals surface area contributed by atoms with Crippen molar-refractivity contribution in [2.45, 2.75) is 13.1 Å². The Morgan fingerprint density at radius 3 is 2.48 bits per heavy atom. The Hall–Kier alpha value is -4.10. The number of hydrogen-bond donors (Lipinski definition) is 2. The van der Waals surface area contributed by atoms with Crippen LogP contribution in [0.5, 0.6) is 0 Å². The van der Waals surface area contributed by atoms with Crippen molar-refractivity contribution in [1.82, 2.24) is 15.0 Å². The summed E-state index contributed by atoms with van der Waals surface area (Å²) in [6.07, 6.45) is 3.51. The van der Waals surface area contributed by atoms with Gasteiger partial charge in [0.15, 0.2) is 5.58 Å². The molecule has 0 atom stereocenters. The van der Waals surface area contributed by atoms with Crippen LogP contribution in [-0.2, 0) is 13.1 Å². The lowest BCUT2D eigenvalue weighted by Gasteiger charge is -2.11. The van der Waals surface area contributed by atoms with E-state index in [2.05, 4.69) is 10.5 Å². The second-order valence-electron chi connectivity index (χ2n) is 7.69. The zero-order valence-corrected chi connectivity index (χ0v) is 18.0. The van der Waals surface area contributed by atoms with E-state index in [1.165, 1.54) is 12.1 Å². The Kier molecular flexibility index (Phi) is 5.32. The highest BCUT2D eigenvalue weighted by Crippen LogP contribution is 2.30. The molecule has 33 heavy (non-hydrogen) atoms. The number of carboxylic acid groups (broad SMARTS) is 1. The van der Waals surface area contributed by atoms with Gasteiger partial charge in [0.25, 0.3) is 5.91 Å². The summed E-state index contributed by atoms with van der Waals surface area (Å²) in [4.78, 5) is 24.3. The maximum atomic E-state index is 13.2. The first-order chi connectivity index (χ1) is 16.0. The molecule has 0 radical (unpaired) electrons. The van der Waals surface area contributed by atoms with Gasteiger partial charge in [0, 0.05) is 35.1 Å². The maximum Gasteiger partial charge on any atom is 0.335 e. The Morgan fingerprint density at radius 1 is 1.03 bits per heavy atom. The molecular weight excluding hydrogens is 442 g/mol. The minimum absolute atomic E-state index is 0.199. The number of rotatable bonds is 6. The number of fused-ring (bicyclic) bond motifs is 3. The average Bonchev–Trinajstić information content (AvgIpc) is 3.45. The van der Waals surface area contributed by atoms with Gasteiger partial charge in [-0.2, -0.15) is 0 Å². The lowest BCUT2D eigenvalue weighted by molar-refractivity contribution is 0.0696. The minimum Gasteiger partial charge on any atom is -0.478 e. The molecule has 1 amide bonds. The molecule has 5 aromatic rings. The van der Waals surface area contributed by atoms with E-state index in [4.69, 9.17) is 21.2 Å². The number of amides is 1. The molecule has 0 saturated carbocycles. The Labute approximate surface area is 193 Å². The van der Waals surface area contributed by atoms with Crippen LogP contribution >= 0.6 is 11.6 Å². The Bertz CT molecular complexity index is 1480. The Morgan fingerprint density at radius 2 is 1.76 bits per heavy atom. The van der Waals surface area contributed by atoms with Crippen LogP contribution in [0, 0.1) is 0 Å². The summed E-state index contributed by atoms with van der Waals surface area (Å²) in [5.74, 6) is -1.24. The van der Waals surface area contributed by atoms with Gasteiger partial charge in [-0.05, 0) is 47.5 Å². The number of carboxylic acids is 1. The highest BCUT2D eigenvalue weighted by molar-refractivity contribution is 6.30. The largest absolute Gasteiger partial charge is 0.478 e. The zero-order valence-electron chi connectivity index (χ0n) is 17.3. The predicted molar refractivity (Wildman–Crippen MR) is 125 cm³/mol. The fraction of sp³-hybridized carbons (Fsp3) is 0.0800. The number of aromatic carboxylic acids is 1. The van der Waals surface area contributed by atoms with Crippen molar-refractivity contribution in [3.8, 4) is 0 Å². The molecule has 0 aliphatic rings. The number of aromatic nitrogens is 2. The van der Waals surface area contributed by atoms with E-state index < -0.39 is 5.97 Å². The topological polar surface area (TPSA) is 97.4 Å². The highest BCUT2D eigenvalue weighted by Gasteiger charge is 2.19. The van der Waals surface area contributed by atoms with Crippen molar-refractivity contribution in [3.05, 3.63) is 100 Å². The minimum atomic E-state index is -0.989. The van der Waals surface area contributed by atoms with Crippen LogP contribution in [0.25, 0.3) is 21.9 Å². The summed E-state index contributed by atoms with van der Waals surface area (Å²) in [6, 6.07) is 17.7. The lowest BCUT2D eigenvalue weighted by Crippen LogP contribution is -2.23. The molecule has 5 rings (SSSR count). The second-order valence-corrected chi connectivity index (χ2v) is 8.12. The number of benzene rings is 3. The van der Waals surface area contributed by atoms with E-state index in [1.54, 1.807) is 24.4 Å². The quantitative estimate of drug-likeness (QED) is 0.367. The Balaban J connectivity index is 1.48. The van der Waals surface area contributed by atoms with Crippen molar-refractivity contribution < 1.29 is 19.2 Å². The first-order valence-corrected chi connectivity index (χ1v) is 10.6. The third kappa shape index (κ3) is 4.06. The lowest BCUT2D eigenvalue weighted by atomic mass is 10.1. The third-order valence-corrected chi connectivity index (χ3v) is 5.78. The van der Waals surface area contributed by atoms with E-state index >= 15 is 0 Å². The van der Waals surface area contributed by atoms with Gasteiger partial charge in [-0.3, -0.25) is 4.79 Å². The van der Waals surface area contributed by atoms with Crippen molar-refractivity contribution >= 4 is 45.3 Å². The molecule has 2 N–H and O–H groups in total. The summed E-state index contributed by atoms with van der Waals surface area (Å²) in [6.45, 7) is 0.817. The second kappa shape index (κ2) is 8.44. The van der Waals surface area contributed by atoms with E-state index in [-0.39, 0.29) is 18.0 Å². The molecule has 2 aromatic heterocycles. The number of halogens is 1. The van der Waals surface area contributed by atoms with Crippen molar-refractivity contribution in [3.63, 3.8) is 0 Å². The normalized spacial score (nSPS) is 11.2. The highest BCUT2D eigenvalue weighted by atomic mass is 35.5. The summed E-state index contributed by atoms with van der Waals surface area (Å²) >= 11 is 6.01. The van der Waals surface area contributed by atoms with Gasteiger partial charge < -0.3 is 19.5 Å². The first kappa shape index (κ1) is 20.8. The molecule has 164 valence electrons. The van der Waals surface area contributed by atoms with Crippen molar-refractivity contribution in [2.24, 2.45) is 0 Å². The van der Waals surface area contributed by atoms with Gasteiger partial charge in [0.1, 0.15) is 0 Å². The van der Waals surface area contributed by atoms with E-state index in [9.17, 15) is 9.59 Å². The molecule has 0 saturated heterocycles. The molecule has 7 nitrogen and oxygen atoms in total. The van der Waals surface area contributed by atoms with Crippen LogP contribution in [0.2, 0.25) is 5.02 Å². The molecule has 0 fully saturated rings. The smallest absolute Gasteiger partial charge is 0.335 e. The van der Waals surface area contributed by atoms with Crippen LogP contribution in [-0.4, -0.2) is 26.7 Å². The number of hydrogen-bond acceptors (Lipinski definition) is 4. The molecule has 0 aliphatic carbocycles. The van der Waals surface area contributed by atoms with Crippen LogP contribution in [0.1, 0.15) is 31.8 Å². The van der Waals surface area contributed by atoms with Crippen LogP contribution in [0.4, 0.5) is 0 Å². The maximum absolute atomic E-state index is 13.2. The SMILES string of the molecule is O=C(O)c1ccc(CNC(=O)c2cc3cnoc3c3ccn(Cc4ccc(Cl)cc4)c23)cc1. The van der Waals surface area contributed by atoms with Gasteiger partial charge in [0.2, 0.25) is 0 Å². The van der Waals surface area contributed by atoms with Crippen molar-refractivity contribution in [1.29, 1.82) is 0 Å². The van der Waals surface area contributed by atoms with E-state index in [0.29, 0.717) is 22.7 Å². The molecule has 3 aromatic carbocycles. The van der Waals surface area contributed by atoms with Crippen LogP contribution < -0.4 is 5.32 Å². The first-order valence-electron chi connectivity index (χ1n) is 10.2. The van der Waals surface area contributed by atoms with Gasteiger partial charge in [-0.15, -0.1) is 0 Å². The van der Waals surface area contributed by atoms with Gasteiger partial charge in [0.05, 0.1) is 22.8 Å². The summed E-state index contributed by atoms with van der Waals surface area (Å²) < 4.78 is 7.44. The predicted octanol–water partition coefficient (Wildman–Crippen LogP) is 5.11. The molecular formula is C25H18ClN3O4. The number of nitrogens with one attached hydrogen (secondary N) is 1. The summed E-state index contributed by atoms with van der Waals surface area (Å²) in [5, 5.41) is 18.1. The van der Waals surface area contributed by atoms with Gasteiger partial charge >= 0.3 is 5.97 Å². The number of carbonyl (C=O) groups is 2. The standard InChI is InChI=1S/C25H18ClN3O4/c26-19-7-3-16(4-8-19)14-29-10-9-20-22(29)21(11-18-13-28-33-23(18)20)24(30)27-12-15-1-5-17(6-2-15)25(31)32/h1-11,13H,12,14H2,(H,27,30)(H,31,32). The molecule has 0 bridgehead atoms. The monoisotopic (exact) mass is 459 g/mol. The summed E-state index contributed by atoms with van der Waals surface area (Å²) in [5.41, 5.74) is 3.91. The van der Waals surface area contributed by atoms with Gasteiger partial charge in [-0.25, -0.2) is 4.79 Å². The number of nitrogens with zero attached hydrogens (tertiary/aromatic N) is 2. The van der Waals surface area contributed by atoms with E-state index in [1.807, 2.05) is 41.1 Å². The average molecular weight is 460 g/mol. The fourth-order valence-corrected chi connectivity index (χ4v) is 3.99. The molecule has 8 heteroatoms. The van der Waals surface area contributed by atoms with Crippen LogP contribution in [0.3, 0.4) is 0 Å². The zero-order chi connectivity index (χ0) is 22.9. The molecule has 2 heterocycles. The molecule has 0 aliphatic heterocycles. The van der Waals surface area contributed by atoms with E-state index in [0.717, 1.165) is 27.4 Å². The van der Waals surface area contributed by atoms with Crippen LogP contribution in [0.15, 0.2) is 77.6 Å². The fourth-order valence-electron chi connectivity index (χ4n) is 3.87. The summed E-state index contributed by atoms with van der Waals surface area (Å²) in [7, 11) is 0. The third-order valence-electron chi connectivity index (χ3n) is 5.53. The number of carbonyl (C=O) groups excluding carboxylic acids is 1. The molecule has 0 spiro atoms. The van der Waals surface area contributed by atoms with Gasteiger partial charge in [-0.1, -0.05) is 41.0 Å².